The molecule has 0 radical (unpaired) electrons. The Balaban J connectivity index is 2.24. The first kappa shape index (κ1) is 14.1. The molecule has 6 nitrogen and oxygen atoms in total. The summed E-state index contributed by atoms with van der Waals surface area (Å²) in [6.45, 7) is 1.73. The fraction of sp³-hybridized carbons (Fsp3) is 0.154. The van der Waals surface area contributed by atoms with Gasteiger partial charge in [-0.3, -0.25) is 9.48 Å². The molecule has 0 bridgehead atoms. The molecule has 0 unspecified atom stereocenters. The average molecular weight is 294 g/mol. The van der Waals surface area contributed by atoms with Gasteiger partial charge in [0.1, 0.15) is 0 Å². The van der Waals surface area contributed by atoms with Crippen LogP contribution in [0.4, 0.5) is 5.69 Å². The average Bonchev–Trinajstić information content (AvgIpc) is 2.70. The number of aryl methyl sites for hydroxylation is 2. The van der Waals surface area contributed by atoms with E-state index in [1.165, 1.54) is 18.2 Å². The number of nitrogens with one attached hydrogen (secondary N) is 1. The number of aromatic carboxylic acids is 1. The number of carbonyl (C=O) groups excluding carboxylic acids is 1. The predicted octanol–water partition coefficient (Wildman–Crippen LogP) is 2.33. The summed E-state index contributed by atoms with van der Waals surface area (Å²) in [5.41, 5.74) is 1.45. The molecule has 0 fully saturated rings. The van der Waals surface area contributed by atoms with Gasteiger partial charge in [0.2, 0.25) is 0 Å². The fourth-order valence-electron chi connectivity index (χ4n) is 1.76. The van der Waals surface area contributed by atoms with Gasteiger partial charge in [0.15, 0.2) is 0 Å². The molecule has 0 saturated heterocycles. The molecule has 2 rings (SSSR count). The molecule has 20 heavy (non-hydrogen) atoms. The molecule has 7 heteroatoms. The Labute approximate surface area is 120 Å². The smallest absolute Gasteiger partial charge is 0.335 e. The summed E-state index contributed by atoms with van der Waals surface area (Å²) in [4.78, 5) is 22.9. The van der Waals surface area contributed by atoms with Gasteiger partial charge in [-0.15, -0.1) is 0 Å². The van der Waals surface area contributed by atoms with Gasteiger partial charge in [0, 0.05) is 13.2 Å². The van der Waals surface area contributed by atoms with Crippen LogP contribution in [0.25, 0.3) is 0 Å². The minimum Gasteiger partial charge on any atom is -0.478 e. The first-order chi connectivity index (χ1) is 9.38. The highest BCUT2D eigenvalue weighted by molar-refractivity contribution is 6.34. The predicted molar refractivity (Wildman–Crippen MR) is 74.3 cm³/mol. The van der Waals surface area contributed by atoms with Crippen molar-refractivity contribution in [3.8, 4) is 0 Å². The van der Waals surface area contributed by atoms with Crippen LogP contribution in [0, 0.1) is 6.92 Å². The molecule has 1 heterocycles. The number of hydrogen-bond acceptors (Lipinski definition) is 3. The van der Waals surface area contributed by atoms with Gasteiger partial charge in [-0.1, -0.05) is 11.6 Å². The molecular formula is C13H12ClN3O3. The van der Waals surface area contributed by atoms with Crippen LogP contribution in [0.15, 0.2) is 24.4 Å². The van der Waals surface area contributed by atoms with Gasteiger partial charge in [-0.2, -0.15) is 5.10 Å². The highest BCUT2D eigenvalue weighted by Crippen LogP contribution is 2.24. The van der Waals surface area contributed by atoms with Crippen LogP contribution in [0.1, 0.15) is 26.4 Å². The van der Waals surface area contributed by atoms with Crippen LogP contribution in [0.3, 0.4) is 0 Å². The van der Waals surface area contributed by atoms with Crippen molar-refractivity contribution in [1.29, 1.82) is 0 Å². The largest absolute Gasteiger partial charge is 0.478 e. The number of nitrogens with zero attached hydrogens (tertiary/aromatic N) is 2. The maximum atomic E-state index is 12.1. The lowest BCUT2D eigenvalue weighted by Crippen LogP contribution is -2.13. The number of benzene rings is 1. The Morgan fingerprint density at radius 2 is 2.10 bits per heavy atom. The highest BCUT2D eigenvalue weighted by Gasteiger charge is 2.14. The molecule has 0 spiro atoms. The first-order valence-electron chi connectivity index (χ1n) is 5.73. The molecule has 1 aromatic heterocycles. The van der Waals surface area contributed by atoms with E-state index in [1.54, 1.807) is 24.9 Å². The van der Waals surface area contributed by atoms with E-state index in [2.05, 4.69) is 10.4 Å². The van der Waals surface area contributed by atoms with Crippen LogP contribution in [0.5, 0.6) is 0 Å². The van der Waals surface area contributed by atoms with Crippen LogP contribution < -0.4 is 5.32 Å². The van der Waals surface area contributed by atoms with Crippen molar-refractivity contribution in [3.05, 3.63) is 46.2 Å². The van der Waals surface area contributed by atoms with Crippen molar-refractivity contribution in [3.63, 3.8) is 0 Å². The molecule has 1 amide bonds. The van der Waals surface area contributed by atoms with Gasteiger partial charge in [-0.05, 0) is 25.1 Å². The molecule has 0 aliphatic heterocycles. The summed E-state index contributed by atoms with van der Waals surface area (Å²) in [5.74, 6) is -1.42. The second-order valence-electron chi connectivity index (χ2n) is 4.26. The summed E-state index contributed by atoms with van der Waals surface area (Å²) >= 11 is 5.95. The molecular weight excluding hydrogens is 282 g/mol. The Morgan fingerprint density at radius 1 is 1.40 bits per heavy atom. The number of aromatic nitrogens is 2. The summed E-state index contributed by atoms with van der Waals surface area (Å²) in [6, 6.07) is 4.12. The number of carboxylic acid groups (broad SMARTS) is 1. The van der Waals surface area contributed by atoms with Crippen molar-refractivity contribution >= 4 is 29.2 Å². The Bertz CT molecular complexity index is 694. The van der Waals surface area contributed by atoms with Crippen molar-refractivity contribution in [2.45, 2.75) is 6.92 Å². The van der Waals surface area contributed by atoms with E-state index in [9.17, 15) is 9.59 Å². The van der Waals surface area contributed by atoms with Crippen LogP contribution >= 0.6 is 11.6 Å². The van der Waals surface area contributed by atoms with Gasteiger partial charge in [-0.25, -0.2) is 4.79 Å². The third kappa shape index (κ3) is 2.80. The maximum absolute atomic E-state index is 12.1. The zero-order chi connectivity index (χ0) is 14.9. The lowest BCUT2D eigenvalue weighted by molar-refractivity contribution is 0.0696. The fourth-order valence-corrected chi connectivity index (χ4v) is 1.99. The molecule has 0 saturated carbocycles. The van der Waals surface area contributed by atoms with Crippen molar-refractivity contribution in [2.75, 3.05) is 5.32 Å². The number of amides is 1. The molecule has 0 atom stereocenters. The van der Waals surface area contributed by atoms with Gasteiger partial charge >= 0.3 is 5.97 Å². The lowest BCUT2D eigenvalue weighted by atomic mass is 10.2. The second kappa shape index (κ2) is 5.34. The Kier molecular flexibility index (Phi) is 3.76. The van der Waals surface area contributed by atoms with E-state index < -0.39 is 5.97 Å². The number of rotatable bonds is 3. The maximum Gasteiger partial charge on any atom is 0.335 e. The molecule has 104 valence electrons. The molecule has 1 aromatic carbocycles. The number of halogens is 1. The van der Waals surface area contributed by atoms with Crippen LogP contribution in [-0.2, 0) is 7.05 Å². The standard InChI is InChI=1S/C13H12ClN3O3/c1-7-9(6-17(2)16-7)12(18)15-11-4-3-8(13(19)20)5-10(11)14/h3-6H,1-2H3,(H,15,18)(H,19,20). The number of hydrogen-bond donors (Lipinski definition) is 2. The number of anilines is 1. The SMILES string of the molecule is Cc1nn(C)cc1C(=O)Nc1ccc(C(=O)O)cc1Cl. The van der Waals surface area contributed by atoms with Crippen molar-refractivity contribution < 1.29 is 14.7 Å². The minimum atomic E-state index is -1.08. The monoisotopic (exact) mass is 293 g/mol. The van der Waals surface area contributed by atoms with E-state index in [-0.39, 0.29) is 16.5 Å². The van der Waals surface area contributed by atoms with E-state index in [0.717, 1.165) is 0 Å². The summed E-state index contributed by atoms with van der Waals surface area (Å²) < 4.78 is 1.54. The second-order valence-corrected chi connectivity index (χ2v) is 4.66. The van der Waals surface area contributed by atoms with Crippen LogP contribution in [0.2, 0.25) is 5.02 Å². The topological polar surface area (TPSA) is 84.2 Å². The van der Waals surface area contributed by atoms with E-state index >= 15 is 0 Å². The Morgan fingerprint density at radius 3 is 2.60 bits per heavy atom. The molecule has 2 N–H and O–H groups in total. The lowest BCUT2D eigenvalue weighted by Gasteiger charge is -2.07. The number of carboxylic acids is 1. The highest BCUT2D eigenvalue weighted by atomic mass is 35.5. The normalized spacial score (nSPS) is 10.3. The van der Waals surface area contributed by atoms with Crippen LogP contribution in [-0.4, -0.2) is 26.8 Å². The Hall–Kier alpha value is -2.34. The van der Waals surface area contributed by atoms with Gasteiger partial charge in [0.05, 0.1) is 27.5 Å². The molecule has 2 aromatic rings. The van der Waals surface area contributed by atoms with E-state index in [4.69, 9.17) is 16.7 Å². The van der Waals surface area contributed by atoms with E-state index in [1.807, 2.05) is 0 Å². The summed E-state index contributed by atoms with van der Waals surface area (Å²) in [6.07, 6.45) is 1.60. The van der Waals surface area contributed by atoms with Gasteiger partial charge in [0.25, 0.3) is 5.91 Å². The zero-order valence-corrected chi connectivity index (χ0v) is 11.6. The van der Waals surface area contributed by atoms with Gasteiger partial charge < -0.3 is 10.4 Å². The quantitative estimate of drug-likeness (QED) is 0.909. The zero-order valence-electron chi connectivity index (χ0n) is 10.8. The van der Waals surface area contributed by atoms with Crippen molar-refractivity contribution in [2.24, 2.45) is 7.05 Å². The summed E-state index contributed by atoms with van der Waals surface area (Å²) in [7, 11) is 1.72. The first-order valence-corrected chi connectivity index (χ1v) is 6.10. The molecule has 0 aliphatic rings. The van der Waals surface area contributed by atoms with Crippen molar-refractivity contribution in [1.82, 2.24) is 9.78 Å². The van der Waals surface area contributed by atoms with E-state index in [0.29, 0.717) is 16.9 Å². The third-order valence-corrected chi connectivity index (χ3v) is 3.04. The minimum absolute atomic E-state index is 0.0607. The number of carbonyl (C=O) groups is 2. The summed E-state index contributed by atoms with van der Waals surface area (Å²) in [5, 5.41) is 15.7. The third-order valence-electron chi connectivity index (χ3n) is 2.72. The molecule has 0 aliphatic carbocycles.